The van der Waals surface area contributed by atoms with Gasteiger partial charge in [-0.3, -0.25) is 0 Å². The fraction of sp³-hybridized carbons (Fsp3) is 0.400. The van der Waals surface area contributed by atoms with E-state index in [1.54, 1.807) is 0 Å². The number of aromatic carboxylic acids is 1. The van der Waals surface area contributed by atoms with Gasteiger partial charge in [0, 0.05) is 7.05 Å². The third-order valence-corrected chi connectivity index (χ3v) is 1.18. The van der Waals surface area contributed by atoms with Crippen LogP contribution in [-0.2, 0) is 7.05 Å². The van der Waals surface area contributed by atoms with E-state index in [9.17, 15) is 13.6 Å². The Morgan fingerprint density at radius 3 is 2.50 bits per heavy atom. The predicted molar refractivity (Wildman–Crippen MR) is 32.9 cm³/mol. The van der Waals surface area contributed by atoms with E-state index in [1.807, 2.05) is 0 Å². The van der Waals surface area contributed by atoms with Crippen molar-refractivity contribution in [2.75, 3.05) is 0 Å². The van der Waals surface area contributed by atoms with Crippen LogP contribution in [-0.4, -0.2) is 25.8 Å². The molecule has 0 radical (unpaired) electrons. The molecular formula is C5H5F2N3O2. The van der Waals surface area contributed by atoms with Gasteiger partial charge in [0.2, 0.25) is 0 Å². The first-order valence-electron chi connectivity index (χ1n) is 2.94. The minimum Gasteiger partial charge on any atom is -0.475 e. The average molecular weight is 177 g/mol. The third kappa shape index (κ3) is 1.39. The van der Waals surface area contributed by atoms with Crippen LogP contribution < -0.4 is 0 Å². The van der Waals surface area contributed by atoms with Gasteiger partial charge in [-0.25, -0.2) is 18.3 Å². The van der Waals surface area contributed by atoms with Crippen molar-refractivity contribution in [3.8, 4) is 0 Å². The van der Waals surface area contributed by atoms with Crippen LogP contribution in [0.15, 0.2) is 0 Å². The molecule has 1 rings (SSSR count). The average Bonchev–Trinajstić information content (AvgIpc) is 2.30. The van der Waals surface area contributed by atoms with Crippen molar-refractivity contribution in [3.05, 3.63) is 11.6 Å². The molecule has 1 N–H and O–H groups in total. The number of nitrogens with zero attached hydrogens (tertiary/aromatic N) is 3. The molecule has 0 spiro atoms. The molecule has 1 heterocycles. The highest BCUT2D eigenvalue weighted by Crippen LogP contribution is 2.14. The molecule has 0 fully saturated rings. The molecule has 7 heteroatoms. The zero-order valence-corrected chi connectivity index (χ0v) is 6.03. The number of carboxylic acid groups (broad SMARTS) is 1. The van der Waals surface area contributed by atoms with Gasteiger partial charge in [-0.15, -0.1) is 5.10 Å². The Hall–Kier alpha value is -1.53. The summed E-state index contributed by atoms with van der Waals surface area (Å²) in [6, 6.07) is 0. The van der Waals surface area contributed by atoms with Gasteiger partial charge in [-0.2, -0.15) is 4.98 Å². The number of aryl methyl sites for hydroxylation is 1. The van der Waals surface area contributed by atoms with E-state index >= 15 is 0 Å². The summed E-state index contributed by atoms with van der Waals surface area (Å²) in [5.74, 6) is -2.68. The predicted octanol–water partition coefficient (Wildman–Crippen LogP) is 0.451. The van der Waals surface area contributed by atoms with Crippen LogP contribution >= 0.6 is 0 Å². The molecule has 1 aromatic heterocycles. The van der Waals surface area contributed by atoms with Gasteiger partial charge >= 0.3 is 5.97 Å². The van der Waals surface area contributed by atoms with Crippen LogP contribution in [0.1, 0.15) is 22.9 Å². The number of carbonyl (C=O) groups is 1. The Morgan fingerprint density at radius 1 is 1.67 bits per heavy atom. The zero-order chi connectivity index (χ0) is 9.30. The van der Waals surface area contributed by atoms with Crippen LogP contribution in [0.5, 0.6) is 0 Å². The quantitative estimate of drug-likeness (QED) is 0.712. The molecule has 0 aliphatic carbocycles. The summed E-state index contributed by atoms with van der Waals surface area (Å²) in [7, 11) is 1.21. The standard InChI is InChI=1S/C5H5F2N3O2/c1-10-4(2(6)7)8-3(9-10)5(11)12/h2H,1H3,(H,11,12). The van der Waals surface area contributed by atoms with Gasteiger partial charge < -0.3 is 5.11 Å². The summed E-state index contributed by atoms with van der Waals surface area (Å²) in [6.45, 7) is 0. The van der Waals surface area contributed by atoms with E-state index in [0.29, 0.717) is 0 Å². The maximum Gasteiger partial charge on any atom is 0.375 e. The molecule has 0 unspecified atom stereocenters. The number of rotatable bonds is 2. The van der Waals surface area contributed by atoms with Crippen molar-refractivity contribution in [3.63, 3.8) is 0 Å². The molecule has 0 saturated heterocycles. The topological polar surface area (TPSA) is 68.0 Å². The summed E-state index contributed by atoms with van der Waals surface area (Å²) in [5, 5.41) is 11.6. The van der Waals surface area contributed by atoms with Crippen LogP contribution in [0, 0.1) is 0 Å². The Labute approximate surface area is 65.6 Å². The van der Waals surface area contributed by atoms with E-state index in [2.05, 4.69) is 10.1 Å². The second-order valence-electron chi connectivity index (χ2n) is 2.02. The number of hydrogen-bond donors (Lipinski definition) is 1. The van der Waals surface area contributed by atoms with Crippen LogP contribution in [0.4, 0.5) is 8.78 Å². The lowest BCUT2D eigenvalue weighted by Gasteiger charge is -1.94. The molecule has 12 heavy (non-hydrogen) atoms. The van der Waals surface area contributed by atoms with E-state index in [0.717, 1.165) is 4.68 Å². The highest BCUT2D eigenvalue weighted by molar-refractivity contribution is 5.82. The van der Waals surface area contributed by atoms with Crippen molar-refractivity contribution in [2.24, 2.45) is 7.05 Å². The molecule has 5 nitrogen and oxygen atoms in total. The molecule has 0 atom stereocenters. The fourth-order valence-corrected chi connectivity index (χ4v) is 0.677. The molecule has 0 bridgehead atoms. The molecular weight excluding hydrogens is 172 g/mol. The zero-order valence-electron chi connectivity index (χ0n) is 6.03. The van der Waals surface area contributed by atoms with E-state index < -0.39 is 24.0 Å². The number of carboxylic acids is 1. The second kappa shape index (κ2) is 2.84. The molecule has 0 aromatic carbocycles. The summed E-state index contributed by atoms with van der Waals surface area (Å²) < 4.78 is 24.7. The molecule has 0 saturated carbocycles. The van der Waals surface area contributed by atoms with E-state index in [-0.39, 0.29) is 0 Å². The van der Waals surface area contributed by atoms with Gasteiger partial charge in [-0.05, 0) is 0 Å². The minimum atomic E-state index is -2.81. The minimum absolute atomic E-state index is 0.618. The lowest BCUT2D eigenvalue weighted by atomic mass is 10.6. The van der Waals surface area contributed by atoms with Gasteiger partial charge in [0.1, 0.15) is 0 Å². The lowest BCUT2D eigenvalue weighted by molar-refractivity contribution is 0.0683. The number of aromatic nitrogens is 3. The molecule has 0 aliphatic rings. The monoisotopic (exact) mass is 177 g/mol. The highest BCUT2D eigenvalue weighted by Gasteiger charge is 2.19. The van der Waals surface area contributed by atoms with Crippen LogP contribution in [0.3, 0.4) is 0 Å². The van der Waals surface area contributed by atoms with E-state index in [4.69, 9.17) is 5.11 Å². The van der Waals surface area contributed by atoms with Crippen LogP contribution in [0.2, 0.25) is 0 Å². The van der Waals surface area contributed by atoms with Crippen molar-refractivity contribution in [1.29, 1.82) is 0 Å². The lowest BCUT2D eigenvalue weighted by Crippen LogP contribution is -2.00. The maximum absolute atomic E-state index is 12.0. The normalized spacial score (nSPS) is 10.7. The van der Waals surface area contributed by atoms with Crippen molar-refractivity contribution < 1.29 is 18.7 Å². The van der Waals surface area contributed by atoms with Crippen molar-refractivity contribution in [2.45, 2.75) is 6.43 Å². The molecule has 0 amide bonds. The fourth-order valence-electron chi connectivity index (χ4n) is 0.677. The molecule has 1 aromatic rings. The van der Waals surface area contributed by atoms with Crippen molar-refractivity contribution >= 4 is 5.97 Å². The first-order chi connectivity index (χ1) is 5.52. The van der Waals surface area contributed by atoms with Gasteiger partial charge in [0.05, 0.1) is 0 Å². The molecule has 0 aliphatic heterocycles. The van der Waals surface area contributed by atoms with E-state index in [1.165, 1.54) is 7.05 Å². The SMILES string of the molecule is Cn1nc(C(=O)O)nc1C(F)F. The number of hydrogen-bond acceptors (Lipinski definition) is 3. The summed E-state index contributed by atoms with van der Waals surface area (Å²) in [4.78, 5) is 13.3. The Morgan fingerprint density at radius 2 is 2.25 bits per heavy atom. The largest absolute Gasteiger partial charge is 0.475 e. The van der Waals surface area contributed by atoms with Crippen molar-refractivity contribution in [1.82, 2.24) is 14.8 Å². The first-order valence-corrected chi connectivity index (χ1v) is 2.94. The summed E-state index contributed by atoms with van der Waals surface area (Å²) in [5.41, 5.74) is 0. The Balaban J connectivity index is 3.09. The van der Waals surface area contributed by atoms with Gasteiger partial charge in [0.15, 0.2) is 5.82 Å². The molecule has 66 valence electrons. The second-order valence-corrected chi connectivity index (χ2v) is 2.02. The summed E-state index contributed by atoms with van der Waals surface area (Å²) in [6.07, 6.45) is -2.81. The van der Waals surface area contributed by atoms with Gasteiger partial charge in [-0.1, -0.05) is 0 Å². The van der Waals surface area contributed by atoms with Gasteiger partial charge in [0.25, 0.3) is 12.2 Å². The Bertz CT molecular complexity index is 310. The third-order valence-electron chi connectivity index (χ3n) is 1.18. The number of halogens is 2. The first kappa shape index (κ1) is 8.57. The highest BCUT2D eigenvalue weighted by atomic mass is 19.3. The summed E-state index contributed by atoms with van der Waals surface area (Å²) >= 11 is 0. The maximum atomic E-state index is 12.0. The Kier molecular flexibility index (Phi) is 2.03. The smallest absolute Gasteiger partial charge is 0.375 e. The number of alkyl halides is 2. The van der Waals surface area contributed by atoms with Crippen LogP contribution in [0.25, 0.3) is 0 Å².